The van der Waals surface area contributed by atoms with Crippen molar-refractivity contribution in [3.05, 3.63) is 46.7 Å². The topological polar surface area (TPSA) is 75.1 Å². The van der Waals surface area contributed by atoms with E-state index < -0.39 is 0 Å². The molecule has 0 radical (unpaired) electrons. The molecule has 0 unspecified atom stereocenters. The van der Waals surface area contributed by atoms with Crippen LogP contribution in [-0.2, 0) is 6.42 Å². The summed E-state index contributed by atoms with van der Waals surface area (Å²) in [4.78, 5) is 19.7. The van der Waals surface area contributed by atoms with Crippen LogP contribution in [0, 0.1) is 0 Å². The van der Waals surface area contributed by atoms with Crippen molar-refractivity contribution in [3.8, 4) is 0 Å². The van der Waals surface area contributed by atoms with Gasteiger partial charge in [-0.3, -0.25) is 9.78 Å². The molecule has 0 spiro atoms. The molecule has 1 atom stereocenters. The lowest BCUT2D eigenvalue weighted by molar-refractivity contribution is 0.0912. The molecule has 0 aromatic carbocycles. The maximum absolute atomic E-state index is 11.8. The SMILES string of the molecule is O=C(N[C@H](CO)Cc1cccnc1)c1cscn1. The molecule has 2 aromatic rings. The average Bonchev–Trinajstić information content (AvgIpc) is 2.93. The van der Waals surface area contributed by atoms with Gasteiger partial charge in [0.25, 0.3) is 5.91 Å². The molecule has 2 heterocycles. The summed E-state index contributed by atoms with van der Waals surface area (Å²) in [5.41, 5.74) is 2.95. The Labute approximate surface area is 109 Å². The van der Waals surface area contributed by atoms with Gasteiger partial charge in [-0.25, -0.2) is 4.98 Å². The molecule has 0 aliphatic heterocycles. The highest BCUT2D eigenvalue weighted by Gasteiger charge is 2.14. The van der Waals surface area contributed by atoms with Crippen molar-refractivity contribution >= 4 is 17.2 Å². The van der Waals surface area contributed by atoms with E-state index in [0.717, 1.165) is 5.56 Å². The third-order valence-corrected chi connectivity index (χ3v) is 3.01. The number of hydrogen-bond acceptors (Lipinski definition) is 5. The third-order valence-electron chi connectivity index (χ3n) is 2.43. The molecule has 2 N–H and O–H groups in total. The number of hydrogen-bond donors (Lipinski definition) is 2. The first-order chi connectivity index (χ1) is 8.79. The minimum absolute atomic E-state index is 0.120. The van der Waals surface area contributed by atoms with E-state index in [1.807, 2.05) is 12.1 Å². The Hall–Kier alpha value is -1.79. The number of aliphatic hydroxyl groups excluding tert-OH is 1. The van der Waals surface area contributed by atoms with Crippen molar-refractivity contribution in [2.24, 2.45) is 0 Å². The van der Waals surface area contributed by atoms with Crippen LogP contribution in [0.25, 0.3) is 0 Å². The van der Waals surface area contributed by atoms with Crippen LogP contribution in [0.4, 0.5) is 0 Å². The Morgan fingerprint density at radius 1 is 1.56 bits per heavy atom. The number of carbonyl (C=O) groups excluding carboxylic acids is 1. The number of nitrogens with one attached hydrogen (secondary N) is 1. The average molecular weight is 263 g/mol. The van der Waals surface area contributed by atoms with Gasteiger partial charge in [0.1, 0.15) is 5.69 Å². The van der Waals surface area contributed by atoms with Gasteiger partial charge in [0.2, 0.25) is 0 Å². The Kier molecular flexibility index (Phi) is 4.38. The lowest BCUT2D eigenvalue weighted by Crippen LogP contribution is -2.39. The molecule has 1 amide bonds. The Morgan fingerprint density at radius 2 is 2.44 bits per heavy atom. The second kappa shape index (κ2) is 6.23. The van der Waals surface area contributed by atoms with Gasteiger partial charge in [0.05, 0.1) is 18.2 Å². The van der Waals surface area contributed by atoms with Crippen molar-refractivity contribution in [1.82, 2.24) is 15.3 Å². The Balaban J connectivity index is 1.96. The van der Waals surface area contributed by atoms with Crippen LogP contribution in [-0.4, -0.2) is 33.6 Å². The van der Waals surface area contributed by atoms with Gasteiger partial charge in [-0.1, -0.05) is 6.07 Å². The van der Waals surface area contributed by atoms with Gasteiger partial charge in [-0.2, -0.15) is 0 Å². The first-order valence-corrected chi connectivity index (χ1v) is 6.42. The minimum Gasteiger partial charge on any atom is -0.394 e. The van der Waals surface area contributed by atoms with Crippen molar-refractivity contribution in [2.45, 2.75) is 12.5 Å². The fourth-order valence-corrected chi connectivity index (χ4v) is 2.08. The molecule has 2 aromatic heterocycles. The molecule has 6 heteroatoms. The fourth-order valence-electron chi connectivity index (χ4n) is 1.55. The van der Waals surface area contributed by atoms with Crippen LogP contribution in [0.1, 0.15) is 16.1 Å². The van der Waals surface area contributed by atoms with Crippen LogP contribution in [0.3, 0.4) is 0 Å². The first-order valence-electron chi connectivity index (χ1n) is 5.48. The highest BCUT2D eigenvalue weighted by molar-refractivity contribution is 7.07. The minimum atomic E-state index is -0.330. The summed E-state index contributed by atoms with van der Waals surface area (Å²) in [7, 11) is 0. The van der Waals surface area contributed by atoms with E-state index in [-0.39, 0.29) is 18.6 Å². The van der Waals surface area contributed by atoms with E-state index in [9.17, 15) is 9.90 Å². The molecule has 5 nitrogen and oxygen atoms in total. The van der Waals surface area contributed by atoms with Gasteiger partial charge in [0, 0.05) is 17.8 Å². The standard InChI is InChI=1S/C12H13N3O2S/c16-6-10(4-9-2-1-3-13-5-9)15-12(17)11-7-18-8-14-11/h1-3,5,7-8,10,16H,4,6H2,(H,15,17)/t10-/m0/s1. The van der Waals surface area contributed by atoms with E-state index in [0.29, 0.717) is 12.1 Å². The van der Waals surface area contributed by atoms with E-state index >= 15 is 0 Å². The molecular weight excluding hydrogens is 250 g/mol. The smallest absolute Gasteiger partial charge is 0.271 e. The van der Waals surface area contributed by atoms with Crippen LogP contribution in [0.2, 0.25) is 0 Å². The maximum atomic E-state index is 11.8. The van der Waals surface area contributed by atoms with Crippen LogP contribution in [0.5, 0.6) is 0 Å². The molecule has 0 bridgehead atoms. The van der Waals surface area contributed by atoms with Gasteiger partial charge < -0.3 is 10.4 Å². The summed E-state index contributed by atoms with van der Waals surface area (Å²) in [6.45, 7) is -0.120. The van der Waals surface area contributed by atoms with Crippen molar-refractivity contribution in [1.29, 1.82) is 0 Å². The van der Waals surface area contributed by atoms with E-state index in [1.54, 1.807) is 23.3 Å². The van der Waals surface area contributed by atoms with Crippen molar-refractivity contribution in [2.75, 3.05) is 6.61 Å². The van der Waals surface area contributed by atoms with Crippen LogP contribution in [0.15, 0.2) is 35.4 Å². The zero-order chi connectivity index (χ0) is 12.8. The third kappa shape index (κ3) is 3.35. The number of amides is 1. The first kappa shape index (κ1) is 12.7. The molecule has 0 saturated carbocycles. The molecule has 0 fully saturated rings. The normalized spacial score (nSPS) is 12.1. The second-order valence-corrected chi connectivity index (χ2v) is 4.51. The van der Waals surface area contributed by atoms with Crippen LogP contribution >= 0.6 is 11.3 Å². The lowest BCUT2D eigenvalue weighted by atomic mass is 10.1. The zero-order valence-electron chi connectivity index (χ0n) is 9.61. The molecule has 0 aliphatic carbocycles. The highest BCUT2D eigenvalue weighted by atomic mass is 32.1. The lowest BCUT2D eigenvalue weighted by Gasteiger charge is -2.15. The number of carbonyl (C=O) groups is 1. The number of rotatable bonds is 5. The van der Waals surface area contributed by atoms with Gasteiger partial charge in [-0.05, 0) is 18.1 Å². The summed E-state index contributed by atoms with van der Waals surface area (Å²) >= 11 is 1.36. The predicted molar refractivity (Wildman–Crippen MR) is 68.4 cm³/mol. The molecule has 18 heavy (non-hydrogen) atoms. The number of pyridine rings is 1. The maximum Gasteiger partial charge on any atom is 0.271 e. The van der Waals surface area contributed by atoms with Crippen molar-refractivity contribution < 1.29 is 9.90 Å². The quantitative estimate of drug-likeness (QED) is 0.839. The molecule has 94 valence electrons. The van der Waals surface area contributed by atoms with E-state index in [4.69, 9.17) is 0 Å². The summed E-state index contributed by atoms with van der Waals surface area (Å²) in [6, 6.07) is 3.40. The largest absolute Gasteiger partial charge is 0.394 e. The summed E-state index contributed by atoms with van der Waals surface area (Å²) < 4.78 is 0. The Morgan fingerprint density at radius 3 is 3.06 bits per heavy atom. The van der Waals surface area contributed by atoms with Gasteiger partial charge in [-0.15, -0.1) is 11.3 Å². The molecular formula is C12H13N3O2S. The number of nitrogens with zero attached hydrogens (tertiary/aromatic N) is 2. The number of aromatic nitrogens is 2. The molecule has 2 rings (SSSR count). The highest BCUT2D eigenvalue weighted by Crippen LogP contribution is 2.04. The Bertz CT molecular complexity index is 487. The number of aliphatic hydroxyl groups is 1. The van der Waals surface area contributed by atoms with Gasteiger partial charge >= 0.3 is 0 Å². The van der Waals surface area contributed by atoms with Crippen molar-refractivity contribution in [3.63, 3.8) is 0 Å². The predicted octanol–water partition coefficient (Wildman–Crippen LogP) is 0.871. The molecule has 0 aliphatic rings. The second-order valence-electron chi connectivity index (χ2n) is 3.79. The fraction of sp³-hybridized carbons (Fsp3) is 0.250. The van der Waals surface area contributed by atoms with E-state index in [2.05, 4.69) is 15.3 Å². The molecule has 0 saturated heterocycles. The van der Waals surface area contributed by atoms with E-state index in [1.165, 1.54) is 11.3 Å². The zero-order valence-corrected chi connectivity index (χ0v) is 10.4. The monoisotopic (exact) mass is 263 g/mol. The number of thiazole rings is 1. The summed E-state index contributed by atoms with van der Waals surface area (Å²) in [5.74, 6) is -0.265. The summed E-state index contributed by atoms with van der Waals surface area (Å²) in [6.07, 6.45) is 3.95. The van der Waals surface area contributed by atoms with Crippen LogP contribution < -0.4 is 5.32 Å². The summed E-state index contributed by atoms with van der Waals surface area (Å²) in [5, 5.41) is 13.7. The van der Waals surface area contributed by atoms with Gasteiger partial charge in [0.15, 0.2) is 0 Å².